The van der Waals surface area contributed by atoms with Crippen LogP contribution in [0, 0.1) is 5.92 Å². The standard InChI is InChI=1S/C9H16O4S/c1-6-4-7-2-3-8(10)5-9(7)14(11,12)13-6/h6-10H,2-5H2,1H3/t6-,7+,8-,9?/m1/s1. The van der Waals surface area contributed by atoms with Crippen molar-refractivity contribution < 1.29 is 17.7 Å². The molecule has 0 aromatic heterocycles. The lowest BCUT2D eigenvalue weighted by atomic mass is 9.83. The summed E-state index contributed by atoms with van der Waals surface area (Å²) in [4.78, 5) is 0. The summed E-state index contributed by atoms with van der Waals surface area (Å²) >= 11 is 0. The third-order valence-electron chi connectivity index (χ3n) is 3.20. The number of aliphatic hydroxyl groups excluding tert-OH is 1. The fourth-order valence-electron chi connectivity index (χ4n) is 2.56. The van der Waals surface area contributed by atoms with Gasteiger partial charge in [-0.25, -0.2) is 0 Å². The molecule has 4 nitrogen and oxygen atoms in total. The molecule has 5 heteroatoms. The molecular formula is C9H16O4S. The highest BCUT2D eigenvalue weighted by molar-refractivity contribution is 7.87. The highest BCUT2D eigenvalue weighted by Crippen LogP contribution is 2.38. The molecule has 4 atom stereocenters. The van der Waals surface area contributed by atoms with Gasteiger partial charge in [0.2, 0.25) is 0 Å². The predicted molar refractivity (Wildman–Crippen MR) is 51.2 cm³/mol. The molecule has 1 unspecified atom stereocenters. The van der Waals surface area contributed by atoms with Crippen LogP contribution in [0.4, 0.5) is 0 Å². The van der Waals surface area contributed by atoms with Crippen LogP contribution in [-0.2, 0) is 14.3 Å². The Bertz CT molecular complexity index is 311. The van der Waals surface area contributed by atoms with E-state index < -0.39 is 21.5 Å². The van der Waals surface area contributed by atoms with Crippen LogP contribution in [0.15, 0.2) is 0 Å². The lowest BCUT2D eigenvalue weighted by Gasteiger charge is -2.38. The SMILES string of the molecule is C[C@@H]1C[C@@H]2CC[C@@H](O)CC2S(=O)(=O)O1. The Hall–Kier alpha value is -0.130. The fraction of sp³-hybridized carbons (Fsp3) is 1.00. The maximum atomic E-state index is 11.6. The quantitative estimate of drug-likeness (QED) is 0.609. The van der Waals surface area contributed by atoms with Crippen molar-refractivity contribution in [2.24, 2.45) is 5.92 Å². The summed E-state index contributed by atoms with van der Waals surface area (Å²) in [5, 5.41) is 8.96. The van der Waals surface area contributed by atoms with E-state index >= 15 is 0 Å². The molecule has 1 aliphatic heterocycles. The average molecular weight is 220 g/mol. The van der Waals surface area contributed by atoms with Crippen molar-refractivity contribution in [3.63, 3.8) is 0 Å². The van der Waals surface area contributed by atoms with Gasteiger partial charge >= 0.3 is 0 Å². The van der Waals surface area contributed by atoms with Crippen LogP contribution in [0.2, 0.25) is 0 Å². The number of aliphatic hydroxyl groups is 1. The highest BCUT2D eigenvalue weighted by Gasteiger charge is 2.44. The lowest BCUT2D eigenvalue weighted by molar-refractivity contribution is 0.0714. The first-order valence-electron chi connectivity index (χ1n) is 5.09. The van der Waals surface area contributed by atoms with Gasteiger partial charge in [-0.3, -0.25) is 4.18 Å². The van der Waals surface area contributed by atoms with E-state index in [1.54, 1.807) is 6.92 Å². The van der Waals surface area contributed by atoms with Gasteiger partial charge in [0.05, 0.1) is 17.5 Å². The summed E-state index contributed by atoms with van der Waals surface area (Å²) in [5.74, 6) is 0.187. The van der Waals surface area contributed by atoms with Crippen LogP contribution in [-0.4, -0.2) is 31.0 Å². The molecule has 0 aromatic rings. The zero-order valence-electron chi connectivity index (χ0n) is 8.22. The van der Waals surface area contributed by atoms with Gasteiger partial charge in [-0.05, 0) is 38.5 Å². The topological polar surface area (TPSA) is 63.6 Å². The summed E-state index contributed by atoms with van der Waals surface area (Å²) in [6.07, 6.45) is 2.01. The summed E-state index contributed by atoms with van der Waals surface area (Å²) in [5.41, 5.74) is 0. The molecule has 0 radical (unpaired) electrons. The van der Waals surface area contributed by atoms with Gasteiger partial charge in [0.1, 0.15) is 0 Å². The van der Waals surface area contributed by atoms with Gasteiger partial charge in [-0.2, -0.15) is 8.42 Å². The van der Waals surface area contributed by atoms with Gasteiger partial charge in [0.15, 0.2) is 0 Å². The van der Waals surface area contributed by atoms with Crippen LogP contribution >= 0.6 is 0 Å². The number of rotatable bonds is 0. The van der Waals surface area contributed by atoms with E-state index in [-0.39, 0.29) is 12.0 Å². The molecular weight excluding hydrogens is 204 g/mol. The first-order chi connectivity index (χ1) is 6.49. The molecule has 0 aromatic carbocycles. The molecule has 1 heterocycles. The van der Waals surface area contributed by atoms with Crippen LogP contribution < -0.4 is 0 Å². The Morgan fingerprint density at radius 1 is 1.29 bits per heavy atom. The van der Waals surface area contributed by atoms with Crippen molar-refractivity contribution >= 4 is 10.1 Å². The van der Waals surface area contributed by atoms with E-state index in [0.29, 0.717) is 6.42 Å². The minimum atomic E-state index is -3.43. The van der Waals surface area contributed by atoms with Crippen LogP contribution in [0.3, 0.4) is 0 Å². The van der Waals surface area contributed by atoms with E-state index in [2.05, 4.69) is 0 Å². The van der Waals surface area contributed by atoms with Gasteiger partial charge in [0.25, 0.3) is 10.1 Å². The molecule has 1 N–H and O–H groups in total. The summed E-state index contributed by atoms with van der Waals surface area (Å²) in [7, 11) is -3.43. The van der Waals surface area contributed by atoms with Crippen molar-refractivity contribution in [3.05, 3.63) is 0 Å². The molecule has 2 fully saturated rings. The molecule has 1 saturated heterocycles. The third kappa shape index (κ3) is 1.81. The second-order valence-corrected chi connectivity index (χ2v) is 6.18. The van der Waals surface area contributed by atoms with Crippen LogP contribution in [0.1, 0.15) is 32.6 Å². The molecule has 2 rings (SSSR count). The summed E-state index contributed by atoms with van der Waals surface area (Å²) < 4.78 is 28.2. The van der Waals surface area contributed by atoms with Gasteiger partial charge in [-0.15, -0.1) is 0 Å². The normalized spacial score (nSPS) is 47.0. The van der Waals surface area contributed by atoms with Crippen molar-refractivity contribution in [1.29, 1.82) is 0 Å². The zero-order valence-corrected chi connectivity index (χ0v) is 9.03. The van der Waals surface area contributed by atoms with Crippen molar-refractivity contribution in [3.8, 4) is 0 Å². The van der Waals surface area contributed by atoms with E-state index in [9.17, 15) is 13.5 Å². The first kappa shape index (κ1) is 10.4. The minimum absolute atomic E-state index is 0.187. The number of fused-ring (bicyclic) bond motifs is 1. The predicted octanol–water partition coefficient (Wildman–Crippen LogP) is 0.655. The number of hydrogen-bond acceptors (Lipinski definition) is 4. The Morgan fingerprint density at radius 2 is 2.00 bits per heavy atom. The van der Waals surface area contributed by atoms with Crippen molar-refractivity contribution in [2.45, 2.75) is 50.1 Å². The van der Waals surface area contributed by atoms with Gasteiger partial charge in [-0.1, -0.05) is 0 Å². The van der Waals surface area contributed by atoms with E-state index in [1.807, 2.05) is 0 Å². The molecule has 1 aliphatic carbocycles. The monoisotopic (exact) mass is 220 g/mol. The molecule has 82 valence electrons. The Labute approximate surface area is 84.4 Å². The second-order valence-electron chi connectivity index (χ2n) is 4.40. The highest BCUT2D eigenvalue weighted by atomic mass is 32.2. The zero-order chi connectivity index (χ0) is 10.3. The van der Waals surface area contributed by atoms with Crippen LogP contribution in [0.5, 0.6) is 0 Å². The molecule has 2 aliphatic rings. The maximum Gasteiger partial charge on any atom is 0.270 e. The number of hydrogen-bond donors (Lipinski definition) is 1. The largest absolute Gasteiger partial charge is 0.393 e. The third-order valence-corrected chi connectivity index (χ3v) is 5.12. The molecule has 0 amide bonds. The molecule has 0 spiro atoms. The molecule has 14 heavy (non-hydrogen) atoms. The van der Waals surface area contributed by atoms with Crippen LogP contribution in [0.25, 0.3) is 0 Å². The Kier molecular flexibility index (Phi) is 2.57. The van der Waals surface area contributed by atoms with E-state index in [4.69, 9.17) is 4.18 Å². The van der Waals surface area contributed by atoms with E-state index in [1.165, 1.54) is 0 Å². The average Bonchev–Trinajstić information content (AvgIpc) is 2.05. The van der Waals surface area contributed by atoms with Crippen molar-refractivity contribution in [2.75, 3.05) is 0 Å². The summed E-state index contributed by atoms with van der Waals surface area (Å²) in [6, 6.07) is 0. The Morgan fingerprint density at radius 3 is 2.71 bits per heavy atom. The van der Waals surface area contributed by atoms with Gasteiger partial charge < -0.3 is 5.11 Å². The molecule has 0 bridgehead atoms. The Balaban J connectivity index is 2.21. The fourth-order valence-corrected chi connectivity index (χ4v) is 4.42. The second kappa shape index (κ2) is 3.47. The minimum Gasteiger partial charge on any atom is -0.393 e. The van der Waals surface area contributed by atoms with Gasteiger partial charge in [0, 0.05) is 0 Å². The smallest absolute Gasteiger partial charge is 0.270 e. The van der Waals surface area contributed by atoms with E-state index in [0.717, 1.165) is 19.3 Å². The maximum absolute atomic E-state index is 11.6. The molecule has 1 saturated carbocycles. The first-order valence-corrected chi connectivity index (χ1v) is 6.56. The van der Waals surface area contributed by atoms with Crippen molar-refractivity contribution in [1.82, 2.24) is 0 Å². The summed E-state index contributed by atoms with van der Waals surface area (Å²) in [6.45, 7) is 1.79. The lowest BCUT2D eigenvalue weighted by Crippen LogP contribution is -2.45.